The second-order valence-corrected chi connectivity index (χ2v) is 3.92. The molecule has 0 bridgehead atoms. The number of fused-ring (bicyclic) bond motifs is 1. The summed E-state index contributed by atoms with van der Waals surface area (Å²) in [6.45, 7) is 3.93. The fourth-order valence-electron chi connectivity index (χ4n) is 1.87. The molecule has 0 saturated heterocycles. The van der Waals surface area contributed by atoms with Gasteiger partial charge in [0.05, 0.1) is 0 Å². The van der Waals surface area contributed by atoms with Crippen LogP contribution in [0.25, 0.3) is 0 Å². The molecule has 4 heteroatoms. The number of rotatable bonds is 3. The van der Waals surface area contributed by atoms with Crippen LogP contribution in [0.3, 0.4) is 0 Å². The number of nitrogens with zero attached hydrogens (tertiary/aromatic N) is 1. The van der Waals surface area contributed by atoms with E-state index in [0.717, 1.165) is 11.3 Å². The molecule has 1 amide bonds. The highest BCUT2D eigenvalue weighted by Crippen LogP contribution is 2.24. The van der Waals surface area contributed by atoms with E-state index in [1.165, 1.54) is 5.56 Å². The first-order valence-electron chi connectivity index (χ1n) is 5.43. The molecule has 1 aromatic rings. The van der Waals surface area contributed by atoms with E-state index in [2.05, 4.69) is 0 Å². The standard InChI is InChI=1S/C12H16N2O2/c1-2-16-8-12(15)14-6-9-3-4-11(13)5-10(9)7-14/h3-5H,2,6-8,13H2,1H3. The molecule has 1 heterocycles. The molecule has 0 aromatic heterocycles. The topological polar surface area (TPSA) is 55.6 Å². The second-order valence-electron chi connectivity index (χ2n) is 3.92. The molecule has 0 saturated carbocycles. The Morgan fingerprint density at radius 2 is 2.19 bits per heavy atom. The molecule has 16 heavy (non-hydrogen) atoms. The minimum absolute atomic E-state index is 0.0385. The van der Waals surface area contributed by atoms with Gasteiger partial charge in [0.1, 0.15) is 6.61 Å². The highest BCUT2D eigenvalue weighted by molar-refractivity contribution is 5.78. The summed E-state index contributed by atoms with van der Waals surface area (Å²) in [5.74, 6) is 0.0385. The van der Waals surface area contributed by atoms with Crippen LogP contribution >= 0.6 is 0 Å². The number of nitrogens with two attached hydrogens (primary N) is 1. The van der Waals surface area contributed by atoms with Crippen LogP contribution in [0.2, 0.25) is 0 Å². The predicted molar refractivity (Wildman–Crippen MR) is 61.6 cm³/mol. The van der Waals surface area contributed by atoms with Crippen molar-refractivity contribution in [2.45, 2.75) is 20.0 Å². The zero-order valence-corrected chi connectivity index (χ0v) is 9.40. The van der Waals surface area contributed by atoms with Crippen molar-refractivity contribution in [1.29, 1.82) is 0 Å². The number of hydrogen-bond acceptors (Lipinski definition) is 3. The van der Waals surface area contributed by atoms with Gasteiger partial charge in [-0.3, -0.25) is 4.79 Å². The largest absolute Gasteiger partial charge is 0.399 e. The van der Waals surface area contributed by atoms with Gasteiger partial charge < -0.3 is 15.4 Å². The van der Waals surface area contributed by atoms with Crippen molar-refractivity contribution in [2.75, 3.05) is 18.9 Å². The minimum atomic E-state index is 0.0385. The van der Waals surface area contributed by atoms with E-state index in [9.17, 15) is 4.79 Å². The first-order chi connectivity index (χ1) is 7.70. The van der Waals surface area contributed by atoms with Crippen LogP contribution in [0.15, 0.2) is 18.2 Å². The van der Waals surface area contributed by atoms with Gasteiger partial charge in [-0.25, -0.2) is 0 Å². The number of anilines is 1. The fraction of sp³-hybridized carbons (Fsp3) is 0.417. The Labute approximate surface area is 95.0 Å². The van der Waals surface area contributed by atoms with Crippen molar-refractivity contribution in [3.63, 3.8) is 0 Å². The predicted octanol–water partition coefficient (Wildman–Crippen LogP) is 1.15. The van der Waals surface area contributed by atoms with Crippen molar-refractivity contribution >= 4 is 11.6 Å². The van der Waals surface area contributed by atoms with E-state index >= 15 is 0 Å². The number of nitrogen functional groups attached to an aromatic ring is 1. The van der Waals surface area contributed by atoms with Crippen molar-refractivity contribution in [3.8, 4) is 0 Å². The Balaban J connectivity index is 2.02. The molecule has 0 fully saturated rings. The van der Waals surface area contributed by atoms with Gasteiger partial charge in [0.2, 0.25) is 5.91 Å². The lowest BCUT2D eigenvalue weighted by atomic mass is 10.1. The van der Waals surface area contributed by atoms with E-state index in [-0.39, 0.29) is 12.5 Å². The number of benzene rings is 1. The Kier molecular flexibility index (Phi) is 3.10. The van der Waals surface area contributed by atoms with E-state index in [4.69, 9.17) is 10.5 Å². The van der Waals surface area contributed by atoms with Crippen molar-refractivity contribution < 1.29 is 9.53 Å². The molecule has 0 aliphatic carbocycles. The molecule has 0 atom stereocenters. The third-order valence-corrected chi connectivity index (χ3v) is 2.74. The summed E-state index contributed by atoms with van der Waals surface area (Å²) in [4.78, 5) is 13.5. The second kappa shape index (κ2) is 4.53. The van der Waals surface area contributed by atoms with Gasteiger partial charge in [-0.1, -0.05) is 6.07 Å². The van der Waals surface area contributed by atoms with Gasteiger partial charge in [0.25, 0.3) is 0 Å². The summed E-state index contributed by atoms with van der Waals surface area (Å²) >= 11 is 0. The van der Waals surface area contributed by atoms with Crippen LogP contribution in [-0.4, -0.2) is 24.0 Å². The summed E-state index contributed by atoms with van der Waals surface area (Å²) in [6, 6.07) is 5.79. The molecule has 4 nitrogen and oxygen atoms in total. The smallest absolute Gasteiger partial charge is 0.249 e. The highest BCUT2D eigenvalue weighted by Gasteiger charge is 2.22. The molecule has 2 rings (SSSR count). The molecule has 0 spiro atoms. The summed E-state index contributed by atoms with van der Waals surface area (Å²) < 4.78 is 5.11. The molecule has 1 aliphatic rings. The van der Waals surface area contributed by atoms with Crippen molar-refractivity contribution in [2.24, 2.45) is 0 Å². The molecule has 1 aliphatic heterocycles. The Bertz CT molecular complexity index is 404. The van der Waals surface area contributed by atoms with Gasteiger partial charge in [-0.15, -0.1) is 0 Å². The average molecular weight is 220 g/mol. The molecule has 2 N–H and O–H groups in total. The molecular weight excluding hydrogens is 204 g/mol. The molecular formula is C12H16N2O2. The molecule has 86 valence electrons. The summed E-state index contributed by atoms with van der Waals surface area (Å²) in [5, 5.41) is 0. The third-order valence-electron chi connectivity index (χ3n) is 2.74. The van der Waals surface area contributed by atoms with E-state index in [1.54, 1.807) is 4.90 Å². The normalized spacial score (nSPS) is 13.9. The lowest BCUT2D eigenvalue weighted by molar-refractivity contribution is -0.136. The lowest BCUT2D eigenvalue weighted by Crippen LogP contribution is -2.29. The van der Waals surface area contributed by atoms with Crippen LogP contribution in [0.5, 0.6) is 0 Å². The first kappa shape index (κ1) is 11.0. The van der Waals surface area contributed by atoms with Crippen molar-refractivity contribution in [3.05, 3.63) is 29.3 Å². The average Bonchev–Trinajstić information content (AvgIpc) is 2.68. The number of carbonyl (C=O) groups is 1. The monoisotopic (exact) mass is 220 g/mol. The van der Waals surface area contributed by atoms with Gasteiger partial charge in [0, 0.05) is 25.4 Å². The van der Waals surface area contributed by atoms with Crippen LogP contribution in [0.1, 0.15) is 18.1 Å². The van der Waals surface area contributed by atoms with Crippen LogP contribution in [0, 0.1) is 0 Å². The summed E-state index contributed by atoms with van der Waals surface area (Å²) in [6.07, 6.45) is 0. The fourth-order valence-corrected chi connectivity index (χ4v) is 1.87. The number of carbonyl (C=O) groups excluding carboxylic acids is 1. The van der Waals surface area contributed by atoms with Crippen LogP contribution in [0.4, 0.5) is 5.69 Å². The Hall–Kier alpha value is -1.55. The van der Waals surface area contributed by atoms with Crippen molar-refractivity contribution in [1.82, 2.24) is 4.90 Å². The zero-order chi connectivity index (χ0) is 11.5. The van der Waals surface area contributed by atoms with E-state index < -0.39 is 0 Å². The maximum Gasteiger partial charge on any atom is 0.249 e. The quantitative estimate of drug-likeness (QED) is 0.777. The highest BCUT2D eigenvalue weighted by atomic mass is 16.5. The summed E-state index contributed by atoms with van der Waals surface area (Å²) in [5.41, 5.74) is 8.78. The molecule has 0 unspecified atom stereocenters. The van der Waals surface area contributed by atoms with E-state index in [0.29, 0.717) is 19.7 Å². The third kappa shape index (κ3) is 2.17. The Morgan fingerprint density at radius 3 is 2.94 bits per heavy atom. The molecule has 0 radical (unpaired) electrons. The lowest BCUT2D eigenvalue weighted by Gasteiger charge is -2.14. The SMILES string of the molecule is CCOCC(=O)N1Cc2ccc(N)cc2C1. The van der Waals surface area contributed by atoms with Gasteiger partial charge in [-0.05, 0) is 30.2 Å². The minimum Gasteiger partial charge on any atom is -0.399 e. The van der Waals surface area contributed by atoms with Gasteiger partial charge in [0.15, 0.2) is 0 Å². The number of hydrogen-bond donors (Lipinski definition) is 1. The van der Waals surface area contributed by atoms with Gasteiger partial charge in [-0.2, -0.15) is 0 Å². The Morgan fingerprint density at radius 1 is 1.44 bits per heavy atom. The van der Waals surface area contributed by atoms with Gasteiger partial charge >= 0.3 is 0 Å². The number of amides is 1. The molecule has 1 aromatic carbocycles. The maximum absolute atomic E-state index is 11.7. The maximum atomic E-state index is 11.7. The number of ether oxygens (including phenoxy) is 1. The van der Waals surface area contributed by atoms with Crippen LogP contribution in [-0.2, 0) is 22.6 Å². The summed E-state index contributed by atoms with van der Waals surface area (Å²) in [7, 11) is 0. The zero-order valence-electron chi connectivity index (χ0n) is 9.40. The van der Waals surface area contributed by atoms with E-state index in [1.807, 2.05) is 25.1 Å². The van der Waals surface area contributed by atoms with Crippen LogP contribution < -0.4 is 5.73 Å². The first-order valence-corrected chi connectivity index (χ1v) is 5.43.